The molecular formula is C22H33N3O6S. The van der Waals surface area contributed by atoms with Crippen molar-refractivity contribution in [1.29, 1.82) is 0 Å². The Balaban J connectivity index is 1.94. The first kappa shape index (κ1) is 25.8. The highest BCUT2D eigenvalue weighted by molar-refractivity contribution is 7.98. The summed E-state index contributed by atoms with van der Waals surface area (Å²) in [6, 6.07) is 8.28. The van der Waals surface area contributed by atoms with Gasteiger partial charge in [0, 0.05) is 12.6 Å². The molecular weight excluding hydrogens is 434 g/mol. The summed E-state index contributed by atoms with van der Waals surface area (Å²) in [5.74, 6) is 0.383. The largest absolute Gasteiger partial charge is 0.465 e. The Labute approximate surface area is 193 Å². The van der Waals surface area contributed by atoms with Gasteiger partial charge in [-0.1, -0.05) is 30.3 Å². The molecule has 1 saturated carbocycles. The van der Waals surface area contributed by atoms with Crippen molar-refractivity contribution in [3.63, 3.8) is 0 Å². The standard InChI is InChI=1S/C22H33N3O6S/c1-22(25-20(27)28)11-9-16(18(13-22)30-2)23-19(26)17(10-12-32-3)24-21(29)31-14-15-7-5-4-6-8-15/h4-8,16-18,25H,9-14H2,1-3H3,(H,23,26)(H,24,29)(H,27,28)/t16-,17-,18+,22+/m0/s1. The Morgan fingerprint density at radius 3 is 2.62 bits per heavy atom. The molecule has 0 radical (unpaired) electrons. The maximum atomic E-state index is 13.0. The number of thioether (sulfide) groups is 1. The lowest BCUT2D eigenvalue weighted by molar-refractivity contribution is -0.125. The highest BCUT2D eigenvalue weighted by Gasteiger charge is 2.40. The molecule has 1 aliphatic rings. The number of carboxylic acid groups (broad SMARTS) is 1. The van der Waals surface area contributed by atoms with Gasteiger partial charge >= 0.3 is 12.2 Å². The molecule has 1 aromatic carbocycles. The fourth-order valence-corrected chi connectivity index (χ4v) is 4.30. The number of methoxy groups -OCH3 is 1. The third kappa shape index (κ3) is 8.23. The van der Waals surface area contributed by atoms with Crippen LogP contribution < -0.4 is 16.0 Å². The van der Waals surface area contributed by atoms with Gasteiger partial charge in [-0.05, 0) is 50.2 Å². The molecule has 4 atom stereocenters. The molecule has 0 saturated heterocycles. The van der Waals surface area contributed by atoms with E-state index < -0.39 is 23.8 Å². The highest BCUT2D eigenvalue weighted by atomic mass is 32.2. The van der Waals surface area contributed by atoms with E-state index in [1.165, 1.54) is 0 Å². The number of rotatable bonds is 10. The average molecular weight is 468 g/mol. The van der Waals surface area contributed by atoms with Gasteiger partial charge in [0.05, 0.1) is 12.1 Å². The summed E-state index contributed by atoms with van der Waals surface area (Å²) in [5.41, 5.74) is 0.238. The minimum absolute atomic E-state index is 0.118. The van der Waals surface area contributed by atoms with E-state index in [-0.39, 0.29) is 24.7 Å². The van der Waals surface area contributed by atoms with Crippen molar-refractivity contribution >= 4 is 29.9 Å². The van der Waals surface area contributed by atoms with Crippen LogP contribution in [-0.4, -0.2) is 66.0 Å². The van der Waals surface area contributed by atoms with Crippen LogP contribution in [0.15, 0.2) is 30.3 Å². The van der Waals surface area contributed by atoms with Crippen molar-refractivity contribution in [3.05, 3.63) is 35.9 Å². The number of carbonyl (C=O) groups is 3. The maximum absolute atomic E-state index is 13.0. The third-order valence-electron chi connectivity index (χ3n) is 5.58. The molecule has 0 aromatic heterocycles. The number of ether oxygens (including phenoxy) is 2. The van der Waals surface area contributed by atoms with E-state index in [9.17, 15) is 14.4 Å². The van der Waals surface area contributed by atoms with E-state index in [1.54, 1.807) is 18.9 Å². The number of nitrogens with one attached hydrogen (secondary N) is 3. The highest BCUT2D eigenvalue weighted by Crippen LogP contribution is 2.30. The predicted molar refractivity (Wildman–Crippen MR) is 123 cm³/mol. The van der Waals surface area contributed by atoms with E-state index >= 15 is 0 Å². The van der Waals surface area contributed by atoms with Gasteiger partial charge in [0.15, 0.2) is 0 Å². The Kier molecular flexibility index (Phi) is 10.1. The molecule has 0 bridgehead atoms. The smallest absolute Gasteiger partial charge is 0.408 e. The van der Waals surface area contributed by atoms with Crippen LogP contribution in [0.2, 0.25) is 0 Å². The molecule has 0 heterocycles. The van der Waals surface area contributed by atoms with Crippen LogP contribution in [0.25, 0.3) is 0 Å². The van der Waals surface area contributed by atoms with E-state index in [2.05, 4.69) is 16.0 Å². The summed E-state index contributed by atoms with van der Waals surface area (Å²) in [7, 11) is 1.54. The lowest BCUT2D eigenvalue weighted by Gasteiger charge is -2.42. The van der Waals surface area contributed by atoms with Crippen molar-refractivity contribution in [1.82, 2.24) is 16.0 Å². The molecule has 0 aliphatic heterocycles. The molecule has 1 aliphatic carbocycles. The van der Waals surface area contributed by atoms with Crippen molar-refractivity contribution in [2.45, 2.75) is 62.9 Å². The minimum Gasteiger partial charge on any atom is -0.465 e. The van der Waals surface area contributed by atoms with Crippen LogP contribution in [0.3, 0.4) is 0 Å². The van der Waals surface area contributed by atoms with E-state index in [0.29, 0.717) is 31.4 Å². The second-order valence-electron chi connectivity index (χ2n) is 8.16. The zero-order valence-corrected chi connectivity index (χ0v) is 19.6. The van der Waals surface area contributed by atoms with Crippen LogP contribution in [-0.2, 0) is 20.9 Å². The van der Waals surface area contributed by atoms with Crippen molar-refractivity contribution < 1.29 is 29.0 Å². The maximum Gasteiger partial charge on any atom is 0.408 e. The summed E-state index contributed by atoms with van der Waals surface area (Å²) in [5, 5.41) is 17.3. The summed E-state index contributed by atoms with van der Waals surface area (Å²) in [4.78, 5) is 36.3. The van der Waals surface area contributed by atoms with Gasteiger partial charge in [-0.15, -0.1) is 0 Å². The first-order valence-electron chi connectivity index (χ1n) is 10.6. The number of hydrogen-bond donors (Lipinski definition) is 4. The molecule has 32 heavy (non-hydrogen) atoms. The molecule has 9 nitrogen and oxygen atoms in total. The quantitative estimate of drug-likeness (QED) is 0.417. The SMILES string of the molecule is CO[C@@H]1C[C@](C)(NC(=O)O)CC[C@@H]1NC(=O)[C@H](CCSC)NC(=O)OCc1ccccc1. The summed E-state index contributed by atoms with van der Waals surface area (Å²) in [6.45, 7) is 1.95. The average Bonchev–Trinajstić information content (AvgIpc) is 2.76. The number of benzene rings is 1. The van der Waals surface area contributed by atoms with Crippen molar-refractivity contribution in [2.75, 3.05) is 19.1 Å². The molecule has 0 spiro atoms. The monoisotopic (exact) mass is 467 g/mol. The summed E-state index contributed by atoms with van der Waals surface area (Å²) in [6.07, 6.45) is 1.84. The topological polar surface area (TPSA) is 126 Å². The molecule has 2 rings (SSSR count). The second-order valence-corrected chi connectivity index (χ2v) is 9.15. The second kappa shape index (κ2) is 12.5. The zero-order valence-electron chi connectivity index (χ0n) is 18.8. The van der Waals surface area contributed by atoms with Crippen LogP contribution in [0.4, 0.5) is 9.59 Å². The van der Waals surface area contributed by atoms with Gasteiger partial charge in [-0.25, -0.2) is 9.59 Å². The Morgan fingerprint density at radius 2 is 2.00 bits per heavy atom. The fourth-order valence-electron chi connectivity index (χ4n) is 3.83. The van der Waals surface area contributed by atoms with E-state index in [0.717, 1.165) is 5.56 Å². The molecule has 0 unspecified atom stereocenters. The first-order chi connectivity index (χ1) is 15.3. The van der Waals surface area contributed by atoms with Gasteiger partial charge in [0.2, 0.25) is 5.91 Å². The van der Waals surface area contributed by atoms with Gasteiger partial charge in [-0.2, -0.15) is 11.8 Å². The zero-order chi connectivity index (χ0) is 23.6. The van der Waals surface area contributed by atoms with Crippen LogP contribution in [0.5, 0.6) is 0 Å². The van der Waals surface area contributed by atoms with E-state index in [1.807, 2.05) is 43.5 Å². The normalized spacial score (nSPS) is 23.6. The lowest BCUT2D eigenvalue weighted by atomic mass is 9.78. The predicted octanol–water partition coefficient (Wildman–Crippen LogP) is 2.74. The van der Waals surface area contributed by atoms with Gasteiger partial charge in [-0.3, -0.25) is 4.79 Å². The van der Waals surface area contributed by atoms with Gasteiger partial charge < -0.3 is 30.5 Å². The molecule has 1 aromatic rings. The van der Waals surface area contributed by atoms with Crippen LogP contribution in [0, 0.1) is 0 Å². The van der Waals surface area contributed by atoms with Crippen molar-refractivity contribution in [3.8, 4) is 0 Å². The van der Waals surface area contributed by atoms with Gasteiger partial charge in [0.25, 0.3) is 0 Å². The number of alkyl carbamates (subject to hydrolysis) is 1. The molecule has 178 valence electrons. The Hall–Kier alpha value is -2.46. The fraction of sp³-hybridized carbons (Fsp3) is 0.591. The number of amides is 3. The van der Waals surface area contributed by atoms with E-state index in [4.69, 9.17) is 14.6 Å². The Bertz CT molecular complexity index is 765. The summed E-state index contributed by atoms with van der Waals surface area (Å²) < 4.78 is 10.8. The lowest BCUT2D eigenvalue weighted by Crippen LogP contribution is -2.59. The van der Waals surface area contributed by atoms with Crippen LogP contribution in [0.1, 0.15) is 38.2 Å². The first-order valence-corrected chi connectivity index (χ1v) is 12.0. The third-order valence-corrected chi connectivity index (χ3v) is 6.22. The molecule has 1 fully saturated rings. The van der Waals surface area contributed by atoms with Crippen LogP contribution >= 0.6 is 11.8 Å². The molecule has 10 heteroatoms. The number of carbonyl (C=O) groups excluding carboxylic acids is 2. The molecule has 4 N–H and O–H groups in total. The minimum atomic E-state index is -1.08. The number of hydrogen-bond acceptors (Lipinski definition) is 6. The van der Waals surface area contributed by atoms with Crippen molar-refractivity contribution in [2.24, 2.45) is 0 Å². The Morgan fingerprint density at radius 1 is 1.28 bits per heavy atom. The molecule has 3 amide bonds. The summed E-state index contributed by atoms with van der Waals surface area (Å²) >= 11 is 1.58. The van der Waals surface area contributed by atoms with Gasteiger partial charge in [0.1, 0.15) is 12.6 Å².